The predicted octanol–water partition coefficient (Wildman–Crippen LogP) is 1.52. The maximum Gasteiger partial charge on any atom is 0.265 e. The largest absolute Gasteiger partial charge is 0.384 e. The van der Waals surface area contributed by atoms with E-state index in [4.69, 9.17) is 10.6 Å². The van der Waals surface area contributed by atoms with Crippen molar-refractivity contribution in [2.24, 2.45) is 11.8 Å². The quantitative estimate of drug-likeness (QED) is 0.484. The molecule has 1 aliphatic heterocycles. The van der Waals surface area contributed by atoms with Gasteiger partial charge in [-0.2, -0.15) is 0 Å². The van der Waals surface area contributed by atoms with Gasteiger partial charge in [0.15, 0.2) is 0 Å². The van der Waals surface area contributed by atoms with Crippen LogP contribution >= 0.6 is 15.9 Å². The normalized spacial score (nSPS) is 19.2. The summed E-state index contributed by atoms with van der Waals surface area (Å²) in [6.07, 6.45) is 1.18. The van der Waals surface area contributed by atoms with Gasteiger partial charge in [0.2, 0.25) is 0 Å². The van der Waals surface area contributed by atoms with E-state index in [-0.39, 0.29) is 5.91 Å². The summed E-state index contributed by atoms with van der Waals surface area (Å²) in [5, 5.41) is 0. The van der Waals surface area contributed by atoms with E-state index in [1.165, 1.54) is 12.0 Å². The van der Waals surface area contributed by atoms with E-state index in [2.05, 4.69) is 26.3 Å². The highest BCUT2D eigenvalue weighted by Crippen LogP contribution is 2.24. The molecule has 0 aromatic heterocycles. The monoisotopic (exact) mass is 341 g/mol. The molecular formula is C14H20BrN3O2. The van der Waals surface area contributed by atoms with Crippen molar-refractivity contribution in [2.75, 3.05) is 26.8 Å². The minimum Gasteiger partial charge on any atom is -0.384 e. The molecule has 0 radical (unpaired) electrons. The molecule has 1 unspecified atom stereocenters. The summed E-state index contributed by atoms with van der Waals surface area (Å²) >= 11 is 3.53. The molecule has 1 heterocycles. The van der Waals surface area contributed by atoms with E-state index < -0.39 is 0 Å². The van der Waals surface area contributed by atoms with E-state index in [1.54, 1.807) is 19.2 Å². The Labute approximate surface area is 127 Å². The molecule has 1 aromatic carbocycles. The second-order valence-corrected chi connectivity index (χ2v) is 5.98. The molecule has 5 nitrogen and oxygen atoms in total. The van der Waals surface area contributed by atoms with E-state index in [0.717, 1.165) is 30.7 Å². The summed E-state index contributed by atoms with van der Waals surface area (Å²) in [4.78, 5) is 13.9. The smallest absolute Gasteiger partial charge is 0.265 e. The Kier molecular flexibility index (Phi) is 5.54. The number of nitrogens with one attached hydrogen (secondary N) is 1. The molecule has 2 rings (SSSR count). The van der Waals surface area contributed by atoms with Gasteiger partial charge in [-0.1, -0.05) is 22.0 Å². The number of rotatable bonds is 5. The van der Waals surface area contributed by atoms with E-state index >= 15 is 0 Å². The van der Waals surface area contributed by atoms with Gasteiger partial charge >= 0.3 is 0 Å². The van der Waals surface area contributed by atoms with Crippen LogP contribution in [-0.2, 0) is 11.3 Å². The molecule has 0 bridgehead atoms. The highest BCUT2D eigenvalue weighted by Gasteiger charge is 2.22. The van der Waals surface area contributed by atoms with E-state index in [1.807, 2.05) is 6.07 Å². The summed E-state index contributed by atoms with van der Waals surface area (Å²) in [5.41, 5.74) is 3.87. The van der Waals surface area contributed by atoms with Crippen LogP contribution in [0.4, 0.5) is 0 Å². The Bertz CT molecular complexity index is 481. The number of ether oxygens (including phenoxy) is 1. The highest BCUT2D eigenvalue weighted by atomic mass is 79.9. The molecule has 0 spiro atoms. The van der Waals surface area contributed by atoms with Gasteiger partial charge in [0, 0.05) is 30.2 Å². The van der Waals surface area contributed by atoms with Gasteiger partial charge in [0.1, 0.15) is 0 Å². The second kappa shape index (κ2) is 7.17. The van der Waals surface area contributed by atoms with Crippen molar-refractivity contribution < 1.29 is 9.53 Å². The van der Waals surface area contributed by atoms with Crippen LogP contribution in [0.1, 0.15) is 22.3 Å². The number of nitrogens with two attached hydrogens (primary N) is 1. The molecular weight excluding hydrogens is 322 g/mol. The van der Waals surface area contributed by atoms with Crippen LogP contribution in [0, 0.1) is 5.92 Å². The Morgan fingerprint density at radius 1 is 1.60 bits per heavy atom. The minimum absolute atomic E-state index is 0.279. The third kappa shape index (κ3) is 3.79. The zero-order chi connectivity index (χ0) is 14.5. The third-order valence-corrected chi connectivity index (χ3v) is 4.35. The summed E-state index contributed by atoms with van der Waals surface area (Å²) in [6.45, 7) is 3.86. The maximum atomic E-state index is 11.5. The van der Waals surface area contributed by atoms with Crippen molar-refractivity contribution in [3.05, 3.63) is 33.8 Å². The lowest BCUT2D eigenvalue weighted by atomic mass is 10.1. The molecule has 110 valence electrons. The van der Waals surface area contributed by atoms with Gasteiger partial charge in [0.05, 0.1) is 6.61 Å². The van der Waals surface area contributed by atoms with Gasteiger partial charge in [-0.05, 0) is 36.6 Å². The summed E-state index contributed by atoms with van der Waals surface area (Å²) < 4.78 is 6.15. The molecule has 1 saturated heterocycles. The number of amides is 1. The molecule has 0 aliphatic carbocycles. The third-order valence-electron chi connectivity index (χ3n) is 3.61. The average Bonchev–Trinajstić information content (AvgIpc) is 2.88. The number of halogens is 1. The fourth-order valence-electron chi connectivity index (χ4n) is 2.57. The molecule has 1 aromatic rings. The Morgan fingerprint density at radius 2 is 2.40 bits per heavy atom. The summed E-state index contributed by atoms with van der Waals surface area (Å²) in [7, 11) is 1.75. The maximum absolute atomic E-state index is 11.5. The van der Waals surface area contributed by atoms with Crippen molar-refractivity contribution in [2.45, 2.75) is 13.0 Å². The van der Waals surface area contributed by atoms with E-state index in [9.17, 15) is 4.79 Å². The van der Waals surface area contributed by atoms with Gasteiger partial charge in [-0.25, -0.2) is 5.84 Å². The van der Waals surface area contributed by atoms with Crippen LogP contribution < -0.4 is 11.3 Å². The second-order valence-electron chi connectivity index (χ2n) is 5.12. The molecule has 20 heavy (non-hydrogen) atoms. The summed E-state index contributed by atoms with van der Waals surface area (Å²) in [5.74, 6) is 5.48. The first-order chi connectivity index (χ1) is 9.63. The summed E-state index contributed by atoms with van der Waals surface area (Å²) in [6, 6.07) is 5.57. The van der Waals surface area contributed by atoms with Gasteiger partial charge < -0.3 is 4.74 Å². The number of nitrogen functional groups attached to an aromatic ring is 1. The number of hydrogen-bond acceptors (Lipinski definition) is 4. The average molecular weight is 342 g/mol. The van der Waals surface area contributed by atoms with Crippen LogP contribution in [0.25, 0.3) is 0 Å². The predicted molar refractivity (Wildman–Crippen MR) is 81.1 cm³/mol. The lowest BCUT2D eigenvalue weighted by Gasteiger charge is -2.17. The van der Waals surface area contributed by atoms with Crippen LogP contribution in [-0.4, -0.2) is 37.6 Å². The fourth-order valence-corrected chi connectivity index (χ4v) is 3.07. The van der Waals surface area contributed by atoms with Crippen LogP contribution in [0.2, 0.25) is 0 Å². The number of likely N-dealkylation sites (tertiary alicyclic amines) is 1. The molecule has 6 heteroatoms. The number of hydrogen-bond donors (Lipinski definition) is 2. The fraction of sp³-hybridized carbons (Fsp3) is 0.500. The van der Waals surface area contributed by atoms with Crippen molar-refractivity contribution in [1.82, 2.24) is 10.3 Å². The number of carbonyl (C=O) groups excluding carboxylic acids is 1. The number of hydrazine groups is 1. The Balaban J connectivity index is 1.98. The van der Waals surface area contributed by atoms with Crippen LogP contribution in [0.15, 0.2) is 22.7 Å². The first kappa shape index (κ1) is 15.4. The van der Waals surface area contributed by atoms with Crippen molar-refractivity contribution in [1.29, 1.82) is 0 Å². The zero-order valence-electron chi connectivity index (χ0n) is 11.6. The Hall–Kier alpha value is -0.950. The zero-order valence-corrected chi connectivity index (χ0v) is 13.1. The van der Waals surface area contributed by atoms with Gasteiger partial charge in [-0.3, -0.25) is 15.1 Å². The molecule has 3 N–H and O–H groups in total. The van der Waals surface area contributed by atoms with Crippen molar-refractivity contribution >= 4 is 21.8 Å². The first-order valence-electron chi connectivity index (χ1n) is 6.64. The van der Waals surface area contributed by atoms with E-state index in [0.29, 0.717) is 11.5 Å². The van der Waals surface area contributed by atoms with Gasteiger partial charge in [0.25, 0.3) is 5.91 Å². The standard InChI is InChI=1S/C14H20BrN3O2/c1-20-9-10-4-5-18(7-10)8-12-3-2-11(6-13(12)15)14(19)17-16/h2-3,6,10H,4-5,7-9,16H2,1H3,(H,17,19). The molecule has 1 amide bonds. The molecule has 0 saturated carbocycles. The van der Waals surface area contributed by atoms with Crippen LogP contribution in [0.3, 0.4) is 0 Å². The van der Waals surface area contributed by atoms with Crippen molar-refractivity contribution in [3.8, 4) is 0 Å². The lowest BCUT2D eigenvalue weighted by Crippen LogP contribution is -2.30. The first-order valence-corrected chi connectivity index (χ1v) is 7.44. The van der Waals surface area contributed by atoms with Crippen molar-refractivity contribution in [3.63, 3.8) is 0 Å². The number of carbonyl (C=O) groups is 1. The highest BCUT2D eigenvalue weighted by molar-refractivity contribution is 9.10. The topological polar surface area (TPSA) is 67.6 Å². The Morgan fingerprint density at radius 3 is 3.05 bits per heavy atom. The van der Waals surface area contributed by atoms with Gasteiger partial charge in [-0.15, -0.1) is 0 Å². The number of methoxy groups -OCH3 is 1. The number of benzene rings is 1. The minimum atomic E-state index is -0.279. The van der Waals surface area contributed by atoms with Crippen LogP contribution in [0.5, 0.6) is 0 Å². The molecule has 1 aliphatic rings. The SMILES string of the molecule is COCC1CCN(Cc2ccc(C(=O)NN)cc2Br)C1. The molecule has 1 atom stereocenters. The lowest BCUT2D eigenvalue weighted by molar-refractivity contribution is 0.0953. The molecule has 1 fully saturated rings. The number of nitrogens with zero attached hydrogens (tertiary/aromatic N) is 1.